The van der Waals surface area contributed by atoms with Crippen LogP contribution in [0.5, 0.6) is 0 Å². The molecule has 0 spiro atoms. The number of nitrogens with one attached hydrogen (secondary N) is 1. The van der Waals surface area contributed by atoms with E-state index in [0.29, 0.717) is 6.04 Å². The fourth-order valence-corrected chi connectivity index (χ4v) is 1.78. The average molecular weight is 217 g/mol. The van der Waals surface area contributed by atoms with Crippen LogP contribution >= 0.6 is 0 Å². The first-order valence-corrected chi connectivity index (χ1v) is 5.33. The third kappa shape index (κ3) is 1.78. The van der Waals surface area contributed by atoms with Gasteiger partial charge in [0.25, 0.3) is 0 Å². The van der Waals surface area contributed by atoms with Crippen molar-refractivity contribution in [1.29, 1.82) is 0 Å². The number of anilines is 1. The predicted molar refractivity (Wildman–Crippen MR) is 64.4 cm³/mol. The van der Waals surface area contributed by atoms with Gasteiger partial charge in [0, 0.05) is 18.4 Å². The summed E-state index contributed by atoms with van der Waals surface area (Å²) in [6, 6.07) is 6.13. The molecule has 1 amide bonds. The first-order chi connectivity index (χ1) is 7.59. The summed E-state index contributed by atoms with van der Waals surface area (Å²) in [5, 5.41) is 8.11. The van der Waals surface area contributed by atoms with Crippen molar-refractivity contribution in [2.24, 2.45) is 0 Å². The first-order valence-electron chi connectivity index (χ1n) is 5.33. The Hall–Kier alpha value is -1.84. The van der Waals surface area contributed by atoms with Crippen molar-refractivity contribution >= 4 is 22.5 Å². The van der Waals surface area contributed by atoms with E-state index < -0.39 is 0 Å². The molecule has 1 aromatic heterocycles. The van der Waals surface area contributed by atoms with E-state index in [1.54, 1.807) is 6.20 Å². The average Bonchev–Trinajstić information content (AvgIpc) is 2.61. The summed E-state index contributed by atoms with van der Waals surface area (Å²) in [6.07, 6.45) is 1.79. The molecule has 2 rings (SSSR count). The molecule has 1 N–H and O–H groups in total. The number of rotatable bonds is 2. The van der Waals surface area contributed by atoms with Crippen LogP contribution in [0.4, 0.5) is 5.69 Å². The van der Waals surface area contributed by atoms with Gasteiger partial charge in [0.15, 0.2) is 0 Å². The lowest BCUT2D eigenvalue weighted by molar-refractivity contribution is -0.114. The molecule has 0 saturated heterocycles. The van der Waals surface area contributed by atoms with Crippen LogP contribution in [0.2, 0.25) is 0 Å². The molecule has 0 unspecified atom stereocenters. The molecule has 16 heavy (non-hydrogen) atoms. The molecule has 0 atom stereocenters. The third-order valence-electron chi connectivity index (χ3n) is 2.44. The van der Waals surface area contributed by atoms with Gasteiger partial charge in [0.2, 0.25) is 5.91 Å². The number of hydrogen-bond donors (Lipinski definition) is 1. The minimum Gasteiger partial charge on any atom is -0.326 e. The predicted octanol–water partition coefficient (Wildman–Crippen LogP) is 2.58. The Balaban J connectivity index is 2.57. The molecule has 0 aliphatic heterocycles. The quantitative estimate of drug-likeness (QED) is 0.840. The molecular weight excluding hydrogens is 202 g/mol. The summed E-state index contributed by atoms with van der Waals surface area (Å²) < 4.78 is 1.95. The number of nitrogens with zero attached hydrogens (tertiary/aromatic N) is 2. The minimum absolute atomic E-state index is 0.0650. The van der Waals surface area contributed by atoms with E-state index in [1.807, 2.05) is 22.9 Å². The lowest BCUT2D eigenvalue weighted by Crippen LogP contribution is -2.06. The summed E-state index contributed by atoms with van der Waals surface area (Å²) in [4.78, 5) is 11.1. The second-order valence-corrected chi connectivity index (χ2v) is 4.10. The molecule has 2 aromatic rings. The van der Waals surface area contributed by atoms with Gasteiger partial charge in [0.05, 0.1) is 17.4 Å². The lowest BCUT2D eigenvalue weighted by atomic mass is 10.2. The Morgan fingerprint density at radius 1 is 1.44 bits per heavy atom. The second-order valence-electron chi connectivity index (χ2n) is 4.10. The molecule has 84 valence electrons. The van der Waals surface area contributed by atoms with Crippen LogP contribution in [0.25, 0.3) is 10.9 Å². The molecular formula is C12H15N3O. The molecule has 4 nitrogen and oxygen atoms in total. The standard InChI is InChI=1S/C12H15N3O/c1-8(2)15-12-6-4-5-11(14-9(3)16)10(12)7-13-15/h4-8H,1-3H3,(H,14,16). The van der Waals surface area contributed by atoms with Gasteiger partial charge < -0.3 is 5.32 Å². The summed E-state index contributed by atoms with van der Waals surface area (Å²) in [6.45, 7) is 5.67. The number of hydrogen-bond acceptors (Lipinski definition) is 2. The molecule has 0 fully saturated rings. The zero-order valence-electron chi connectivity index (χ0n) is 9.69. The van der Waals surface area contributed by atoms with Crippen molar-refractivity contribution in [3.63, 3.8) is 0 Å². The number of carbonyl (C=O) groups excluding carboxylic acids is 1. The van der Waals surface area contributed by atoms with E-state index in [-0.39, 0.29) is 5.91 Å². The molecule has 0 radical (unpaired) electrons. The topological polar surface area (TPSA) is 46.9 Å². The van der Waals surface area contributed by atoms with Gasteiger partial charge in [-0.25, -0.2) is 0 Å². The highest BCUT2D eigenvalue weighted by molar-refractivity contribution is 6.00. The van der Waals surface area contributed by atoms with Gasteiger partial charge in [-0.05, 0) is 26.0 Å². The van der Waals surface area contributed by atoms with Crippen LogP contribution in [0.1, 0.15) is 26.8 Å². The van der Waals surface area contributed by atoms with Gasteiger partial charge in [-0.3, -0.25) is 9.48 Å². The third-order valence-corrected chi connectivity index (χ3v) is 2.44. The first kappa shape index (κ1) is 10.7. The Morgan fingerprint density at radius 3 is 2.81 bits per heavy atom. The molecule has 1 heterocycles. The molecule has 0 aliphatic rings. The fourth-order valence-electron chi connectivity index (χ4n) is 1.78. The second kappa shape index (κ2) is 3.96. The highest BCUT2D eigenvalue weighted by Gasteiger charge is 2.09. The molecule has 0 saturated carbocycles. The summed E-state index contributed by atoms with van der Waals surface area (Å²) >= 11 is 0. The van der Waals surface area contributed by atoms with Crippen LogP contribution in [0.15, 0.2) is 24.4 Å². The van der Waals surface area contributed by atoms with E-state index in [9.17, 15) is 4.79 Å². The zero-order valence-corrected chi connectivity index (χ0v) is 9.69. The normalized spacial score (nSPS) is 11.0. The highest BCUT2D eigenvalue weighted by atomic mass is 16.1. The number of aromatic nitrogens is 2. The van der Waals surface area contributed by atoms with Gasteiger partial charge in [0.1, 0.15) is 0 Å². The van der Waals surface area contributed by atoms with Gasteiger partial charge >= 0.3 is 0 Å². The Bertz CT molecular complexity index is 528. The maximum absolute atomic E-state index is 11.1. The van der Waals surface area contributed by atoms with Crippen molar-refractivity contribution in [3.05, 3.63) is 24.4 Å². The van der Waals surface area contributed by atoms with Crippen LogP contribution in [0, 0.1) is 0 Å². The monoisotopic (exact) mass is 217 g/mol. The van der Waals surface area contributed by atoms with Crippen molar-refractivity contribution in [3.8, 4) is 0 Å². The van der Waals surface area contributed by atoms with E-state index in [1.165, 1.54) is 6.92 Å². The number of carbonyl (C=O) groups is 1. The maximum atomic E-state index is 11.1. The van der Waals surface area contributed by atoms with Crippen LogP contribution in [-0.4, -0.2) is 15.7 Å². The van der Waals surface area contributed by atoms with E-state index in [2.05, 4.69) is 24.3 Å². The van der Waals surface area contributed by atoms with E-state index >= 15 is 0 Å². The molecule has 4 heteroatoms. The number of fused-ring (bicyclic) bond motifs is 1. The van der Waals surface area contributed by atoms with Gasteiger partial charge in [-0.15, -0.1) is 0 Å². The Kier molecular flexibility index (Phi) is 2.64. The lowest BCUT2D eigenvalue weighted by Gasteiger charge is -2.08. The fraction of sp³-hybridized carbons (Fsp3) is 0.333. The van der Waals surface area contributed by atoms with Gasteiger partial charge in [-0.2, -0.15) is 5.10 Å². The smallest absolute Gasteiger partial charge is 0.221 e. The van der Waals surface area contributed by atoms with Crippen molar-refractivity contribution in [2.45, 2.75) is 26.8 Å². The molecule has 1 aromatic carbocycles. The van der Waals surface area contributed by atoms with Crippen LogP contribution in [-0.2, 0) is 4.79 Å². The number of amides is 1. The zero-order chi connectivity index (χ0) is 11.7. The van der Waals surface area contributed by atoms with Gasteiger partial charge in [-0.1, -0.05) is 6.07 Å². The van der Waals surface area contributed by atoms with Crippen molar-refractivity contribution in [1.82, 2.24) is 9.78 Å². The van der Waals surface area contributed by atoms with Crippen molar-refractivity contribution < 1.29 is 4.79 Å². The van der Waals surface area contributed by atoms with Crippen molar-refractivity contribution in [2.75, 3.05) is 5.32 Å². The highest BCUT2D eigenvalue weighted by Crippen LogP contribution is 2.24. The summed E-state index contributed by atoms with van der Waals surface area (Å²) in [5.74, 6) is -0.0650. The Labute approximate surface area is 94.3 Å². The summed E-state index contributed by atoms with van der Waals surface area (Å²) in [5.41, 5.74) is 1.86. The van der Waals surface area contributed by atoms with Crippen LogP contribution in [0.3, 0.4) is 0 Å². The maximum Gasteiger partial charge on any atom is 0.221 e. The SMILES string of the molecule is CC(=O)Nc1cccc2c1cnn2C(C)C. The molecule has 0 bridgehead atoms. The Morgan fingerprint density at radius 2 is 2.19 bits per heavy atom. The minimum atomic E-state index is -0.0650. The van der Waals surface area contributed by atoms with E-state index in [4.69, 9.17) is 0 Å². The van der Waals surface area contributed by atoms with E-state index in [0.717, 1.165) is 16.6 Å². The largest absolute Gasteiger partial charge is 0.326 e. The number of benzene rings is 1. The summed E-state index contributed by atoms with van der Waals surface area (Å²) in [7, 11) is 0. The molecule has 0 aliphatic carbocycles. The van der Waals surface area contributed by atoms with Crippen LogP contribution < -0.4 is 5.32 Å².